The summed E-state index contributed by atoms with van der Waals surface area (Å²) in [6, 6.07) is 11.6. The lowest BCUT2D eigenvalue weighted by Gasteiger charge is -2.05. The molecule has 0 aliphatic heterocycles. The van der Waals surface area contributed by atoms with Crippen LogP contribution in [0.25, 0.3) is 0 Å². The molecule has 0 aliphatic rings. The Kier molecular flexibility index (Phi) is 5.68. The van der Waals surface area contributed by atoms with Gasteiger partial charge in [-0.3, -0.25) is 4.79 Å². The molecule has 5 nitrogen and oxygen atoms in total. The highest BCUT2D eigenvalue weighted by atomic mass is 32.2. The summed E-state index contributed by atoms with van der Waals surface area (Å²) in [5.41, 5.74) is 4.02. The molecule has 0 spiro atoms. The Labute approximate surface area is 155 Å². The number of halogens is 1. The Balaban J connectivity index is 1.53. The molecule has 2 aromatic carbocycles. The minimum absolute atomic E-state index is 0.118. The van der Waals surface area contributed by atoms with Crippen LogP contribution in [0.15, 0.2) is 52.1 Å². The molecule has 3 aromatic rings. The standard InChI is InChI=1S/C19H18FN3O2S/c1-12-3-4-13(2)15(9-12)11-26-19-23-22-17(25-19)10-21-18(24)14-5-7-16(20)8-6-14/h3-9H,10-11H2,1-2H3,(H,21,24). The molecule has 1 N–H and O–H groups in total. The van der Waals surface area contributed by atoms with E-state index in [0.717, 1.165) is 5.75 Å². The van der Waals surface area contributed by atoms with Crippen molar-refractivity contribution in [1.82, 2.24) is 15.5 Å². The van der Waals surface area contributed by atoms with Gasteiger partial charge in [-0.25, -0.2) is 4.39 Å². The van der Waals surface area contributed by atoms with Crippen LogP contribution in [-0.4, -0.2) is 16.1 Å². The zero-order valence-corrected chi connectivity index (χ0v) is 15.3. The topological polar surface area (TPSA) is 68.0 Å². The van der Waals surface area contributed by atoms with E-state index in [2.05, 4.69) is 47.6 Å². The first-order chi connectivity index (χ1) is 12.5. The molecule has 1 heterocycles. The number of aryl methyl sites for hydroxylation is 2. The number of hydrogen-bond donors (Lipinski definition) is 1. The second kappa shape index (κ2) is 8.14. The van der Waals surface area contributed by atoms with E-state index in [-0.39, 0.29) is 18.3 Å². The molecule has 26 heavy (non-hydrogen) atoms. The maximum Gasteiger partial charge on any atom is 0.276 e. The predicted molar refractivity (Wildman–Crippen MR) is 97.3 cm³/mol. The van der Waals surface area contributed by atoms with E-state index >= 15 is 0 Å². The van der Waals surface area contributed by atoms with Gasteiger partial charge < -0.3 is 9.73 Å². The quantitative estimate of drug-likeness (QED) is 0.662. The lowest BCUT2D eigenvalue weighted by atomic mass is 10.1. The Bertz CT molecular complexity index is 909. The maximum absolute atomic E-state index is 12.9. The summed E-state index contributed by atoms with van der Waals surface area (Å²) < 4.78 is 18.4. The van der Waals surface area contributed by atoms with Gasteiger partial charge in [-0.1, -0.05) is 35.5 Å². The minimum atomic E-state index is -0.385. The van der Waals surface area contributed by atoms with Gasteiger partial charge >= 0.3 is 0 Å². The molecule has 0 fully saturated rings. The molecular formula is C19H18FN3O2S. The van der Waals surface area contributed by atoms with Crippen LogP contribution in [-0.2, 0) is 12.3 Å². The summed E-state index contributed by atoms with van der Waals surface area (Å²) in [6.45, 7) is 4.25. The second-order valence-electron chi connectivity index (χ2n) is 5.87. The van der Waals surface area contributed by atoms with Gasteiger partial charge in [0.25, 0.3) is 11.1 Å². The van der Waals surface area contributed by atoms with Crippen molar-refractivity contribution in [2.45, 2.75) is 31.4 Å². The molecule has 134 valence electrons. The van der Waals surface area contributed by atoms with Gasteiger partial charge in [0.2, 0.25) is 5.89 Å². The molecule has 1 amide bonds. The lowest BCUT2D eigenvalue weighted by Crippen LogP contribution is -2.22. The molecule has 0 bridgehead atoms. The fourth-order valence-electron chi connectivity index (χ4n) is 2.32. The number of amides is 1. The van der Waals surface area contributed by atoms with Crippen molar-refractivity contribution in [2.75, 3.05) is 0 Å². The Hall–Kier alpha value is -2.67. The van der Waals surface area contributed by atoms with Crippen molar-refractivity contribution in [3.8, 4) is 0 Å². The number of nitrogens with one attached hydrogen (secondary N) is 1. The number of benzene rings is 2. The van der Waals surface area contributed by atoms with E-state index in [1.165, 1.54) is 52.7 Å². The van der Waals surface area contributed by atoms with E-state index < -0.39 is 0 Å². The van der Waals surface area contributed by atoms with Crippen molar-refractivity contribution in [3.05, 3.63) is 76.4 Å². The predicted octanol–water partition coefficient (Wildman–Crippen LogP) is 4.05. The number of rotatable bonds is 6. The highest BCUT2D eigenvalue weighted by Crippen LogP contribution is 2.24. The van der Waals surface area contributed by atoms with Crippen molar-refractivity contribution in [1.29, 1.82) is 0 Å². The fraction of sp³-hybridized carbons (Fsp3) is 0.211. The first kappa shape index (κ1) is 18.1. The van der Waals surface area contributed by atoms with Gasteiger partial charge in [0.05, 0.1) is 6.54 Å². The van der Waals surface area contributed by atoms with Gasteiger partial charge in [0.15, 0.2) is 0 Å². The van der Waals surface area contributed by atoms with Crippen LogP contribution >= 0.6 is 11.8 Å². The van der Waals surface area contributed by atoms with Crippen LogP contribution in [0.1, 0.15) is 32.9 Å². The zero-order valence-electron chi connectivity index (χ0n) is 14.5. The molecule has 0 saturated heterocycles. The maximum atomic E-state index is 12.9. The highest BCUT2D eigenvalue weighted by Gasteiger charge is 2.11. The Morgan fingerprint density at radius 2 is 1.92 bits per heavy atom. The van der Waals surface area contributed by atoms with Gasteiger partial charge in [-0.05, 0) is 49.2 Å². The van der Waals surface area contributed by atoms with Gasteiger partial charge in [-0.2, -0.15) is 0 Å². The average Bonchev–Trinajstić information content (AvgIpc) is 3.09. The van der Waals surface area contributed by atoms with Gasteiger partial charge in [0.1, 0.15) is 5.82 Å². The van der Waals surface area contributed by atoms with E-state index in [1.54, 1.807) is 0 Å². The lowest BCUT2D eigenvalue weighted by molar-refractivity contribution is 0.0946. The van der Waals surface area contributed by atoms with E-state index in [0.29, 0.717) is 16.7 Å². The van der Waals surface area contributed by atoms with Gasteiger partial charge in [-0.15, -0.1) is 10.2 Å². The number of carbonyl (C=O) groups excluding carboxylic acids is 1. The van der Waals surface area contributed by atoms with Crippen LogP contribution in [0.5, 0.6) is 0 Å². The average molecular weight is 371 g/mol. The van der Waals surface area contributed by atoms with Crippen LogP contribution in [0.3, 0.4) is 0 Å². The highest BCUT2D eigenvalue weighted by molar-refractivity contribution is 7.98. The van der Waals surface area contributed by atoms with Crippen molar-refractivity contribution < 1.29 is 13.6 Å². The molecule has 3 rings (SSSR count). The molecule has 0 aliphatic carbocycles. The number of hydrogen-bond acceptors (Lipinski definition) is 5. The summed E-state index contributed by atoms with van der Waals surface area (Å²) in [7, 11) is 0. The number of aromatic nitrogens is 2. The molecule has 0 saturated carbocycles. The normalized spacial score (nSPS) is 10.7. The minimum Gasteiger partial charge on any atom is -0.414 e. The number of nitrogens with zero attached hydrogens (tertiary/aromatic N) is 2. The van der Waals surface area contributed by atoms with E-state index in [9.17, 15) is 9.18 Å². The van der Waals surface area contributed by atoms with E-state index in [1.807, 2.05) is 0 Å². The third-order valence-corrected chi connectivity index (χ3v) is 4.68. The summed E-state index contributed by atoms with van der Waals surface area (Å²) in [6.07, 6.45) is 0. The first-order valence-electron chi connectivity index (χ1n) is 8.06. The third kappa shape index (κ3) is 4.70. The fourth-order valence-corrected chi connectivity index (χ4v) is 3.17. The van der Waals surface area contributed by atoms with Crippen LogP contribution in [0, 0.1) is 19.7 Å². The summed E-state index contributed by atoms with van der Waals surface area (Å²) in [5.74, 6) is 0.345. The van der Waals surface area contributed by atoms with E-state index in [4.69, 9.17) is 4.42 Å². The Morgan fingerprint density at radius 1 is 1.15 bits per heavy atom. The van der Waals surface area contributed by atoms with Crippen molar-refractivity contribution >= 4 is 17.7 Å². The number of thioether (sulfide) groups is 1. The number of carbonyl (C=O) groups is 1. The summed E-state index contributed by atoms with van der Waals surface area (Å²) in [4.78, 5) is 12.0. The smallest absolute Gasteiger partial charge is 0.276 e. The molecule has 0 atom stereocenters. The molecule has 7 heteroatoms. The van der Waals surface area contributed by atoms with Crippen LogP contribution in [0.4, 0.5) is 4.39 Å². The third-order valence-electron chi connectivity index (χ3n) is 3.81. The molecule has 0 radical (unpaired) electrons. The van der Waals surface area contributed by atoms with Gasteiger partial charge in [0, 0.05) is 11.3 Å². The van der Waals surface area contributed by atoms with Crippen molar-refractivity contribution in [3.63, 3.8) is 0 Å². The Morgan fingerprint density at radius 3 is 2.69 bits per heavy atom. The molecular weight excluding hydrogens is 353 g/mol. The zero-order chi connectivity index (χ0) is 18.5. The van der Waals surface area contributed by atoms with Crippen molar-refractivity contribution in [2.24, 2.45) is 0 Å². The van der Waals surface area contributed by atoms with Crippen LogP contribution in [0.2, 0.25) is 0 Å². The first-order valence-corrected chi connectivity index (χ1v) is 9.05. The largest absolute Gasteiger partial charge is 0.414 e. The molecule has 1 aromatic heterocycles. The monoisotopic (exact) mass is 371 g/mol. The molecule has 0 unspecified atom stereocenters. The summed E-state index contributed by atoms with van der Waals surface area (Å²) in [5, 5.41) is 11.1. The van der Waals surface area contributed by atoms with Crippen LogP contribution < -0.4 is 5.32 Å². The summed E-state index contributed by atoms with van der Waals surface area (Å²) >= 11 is 1.45. The SMILES string of the molecule is Cc1ccc(C)c(CSc2nnc(CNC(=O)c3ccc(F)cc3)o2)c1. The second-order valence-corrected chi connectivity index (χ2v) is 6.80.